The minimum Gasteiger partial charge on any atom is -0.351 e. The largest absolute Gasteiger partial charge is 0.351 e. The Hall–Kier alpha value is -1.36. The van der Waals surface area contributed by atoms with Crippen LogP contribution in [0.2, 0.25) is 0 Å². The van der Waals surface area contributed by atoms with Crippen molar-refractivity contribution in [2.24, 2.45) is 5.92 Å². The van der Waals surface area contributed by atoms with E-state index in [1.807, 2.05) is 6.07 Å². The van der Waals surface area contributed by atoms with Gasteiger partial charge in [0.05, 0.1) is 0 Å². The molecular formula is C17H28N4O. The van der Waals surface area contributed by atoms with Gasteiger partial charge in [-0.25, -0.2) is 5.10 Å². The minimum absolute atomic E-state index is 0.133. The van der Waals surface area contributed by atoms with Crippen molar-refractivity contribution in [3.8, 4) is 0 Å². The SMILES string of the molecule is CC1CCC(NCC2CCCCN2c2ccc(=O)[nH]n2)CC1. The number of nitrogens with zero attached hydrogens (tertiary/aromatic N) is 2. The normalized spacial score (nSPS) is 29.5. The molecule has 0 bridgehead atoms. The lowest BCUT2D eigenvalue weighted by molar-refractivity contribution is 0.296. The van der Waals surface area contributed by atoms with Crippen molar-refractivity contribution < 1.29 is 0 Å². The summed E-state index contributed by atoms with van der Waals surface area (Å²) in [6.07, 6.45) is 9.03. The quantitative estimate of drug-likeness (QED) is 0.896. The third kappa shape index (κ3) is 3.88. The fraction of sp³-hybridized carbons (Fsp3) is 0.765. The molecule has 1 aromatic heterocycles. The van der Waals surface area contributed by atoms with Gasteiger partial charge in [-0.1, -0.05) is 6.92 Å². The molecule has 2 fully saturated rings. The third-order valence-electron chi connectivity index (χ3n) is 5.24. The predicted octanol–water partition coefficient (Wildman–Crippen LogP) is 2.30. The number of aromatic amines is 1. The Bertz CT molecular complexity index is 501. The highest BCUT2D eigenvalue weighted by molar-refractivity contribution is 5.38. The first-order valence-corrected chi connectivity index (χ1v) is 8.78. The number of H-pyrrole nitrogens is 1. The van der Waals surface area contributed by atoms with Crippen molar-refractivity contribution in [1.82, 2.24) is 15.5 Å². The monoisotopic (exact) mass is 304 g/mol. The second kappa shape index (κ2) is 7.27. The van der Waals surface area contributed by atoms with Gasteiger partial charge < -0.3 is 10.2 Å². The summed E-state index contributed by atoms with van der Waals surface area (Å²) in [4.78, 5) is 13.6. The molecule has 122 valence electrons. The lowest BCUT2D eigenvalue weighted by Gasteiger charge is -2.38. The molecule has 3 rings (SSSR count). The van der Waals surface area contributed by atoms with E-state index < -0.39 is 0 Å². The molecule has 2 heterocycles. The predicted molar refractivity (Wildman–Crippen MR) is 89.3 cm³/mol. The fourth-order valence-corrected chi connectivity index (χ4v) is 3.78. The fourth-order valence-electron chi connectivity index (χ4n) is 3.78. The topological polar surface area (TPSA) is 61.0 Å². The molecule has 5 nitrogen and oxygen atoms in total. The summed E-state index contributed by atoms with van der Waals surface area (Å²) < 4.78 is 0. The van der Waals surface area contributed by atoms with Gasteiger partial charge in [-0.3, -0.25) is 4.79 Å². The maximum Gasteiger partial charge on any atom is 0.264 e. The molecule has 2 aliphatic rings. The first-order chi connectivity index (χ1) is 10.7. The Balaban J connectivity index is 1.58. The van der Waals surface area contributed by atoms with Crippen LogP contribution in [-0.2, 0) is 0 Å². The lowest BCUT2D eigenvalue weighted by Crippen LogP contribution is -2.48. The molecule has 5 heteroatoms. The second-order valence-electron chi connectivity index (χ2n) is 6.99. The van der Waals surface area contributed by atoms with Crippen molar-refractivity contribution in [3.63, 3.8) is 0 Å². The smallest absolute Gasteiger partial charge is 0.264 e. The Morgan fingerprint density at radius 1 is 1.23 bits per heavy atom. The van der Waals surface area contributed by atoms with Gasteiger partial charge in [0.25, 0.3) is 5.56 Å². The average molecular weight is 304 g/mol. The molecule has 1 aliphatic heterocycles. The average Bonchev–Trinajstić information content (AvgIpc) is 2.55. The van der Waals surface area contributed by atoms with E-state index in [2.05, 4.69) is 27.3 Å². The Kier molecular flexibility index (Phi) is 5.13. The van der Waals surface area contributed by atoms with Crippen LogP contribution in [0.1, 0.15) is 51.9 Å². The molecule has 0 radical (unpaired) electrons. The summed E-state index contributed by atoms with van der Waals surface area (Å²) in [5.41, 5.74) is -0.133. The van der Waals surface area contributed by atoms with Crippen LogP contribution in [-0.4, -0.2) is 35.4 Å². The standard InChI is InChI=1S/C17H28N4O/c1-13-5-7-14(8-6-13)18-12-15-4-2-3-11-21(15)16-9-10-17(22)20-19-16/h9-10,13-15,18H,2-8,11-12H2,1H3,(H,20,22). The van der Waals surface area contributed by atoms with Gasteiger partial charge in [-0.15, -0.1) is 0 Å². The van der Waals surface area contributed by atoms with Gasteiger partial charge in [-0.05, 0) is 56.9 Å². The molecule has 22 heavy (non-hydrogen) atoms. The highest BCUT2D eigenvalue weighted by Gasteiger charge is 2.25. The molecule has 1 aliphatic carbocycles. The molecule has 0 amide bonds. The summed E-state index contributed by atoms with van der Waals surface area (Å²) >= 11 is 0. The number of nitrogens with one attached hydrogen (secondary N) is 2. The van der Waals surface area contributed by atoms with Crippen LogP contribution in [0.3, 0.4) is 0 Å². The summed E-state index contributed by atoms with van der Waals surface area (Å²) in [6, 6.07) is 4.60. The van der Waals surface area contributed by atoms with E-state index in [0.717, 1.165) is 24.8 Å². The van der Waals surface area contributed by atoms with E-state index in [9.17, 15) is 4.79 Å². The maximum absolute atomic E-state index is 11.2. The van der Waals surface area contributed by atoms with Crippen molar-refractivity contribution in [2.45, 2.75) is 64.0 Å². The van der Waals surface area contributed by atoms with Crippen LogP contribution in [0.4, 0.5) is 5.82 Å². The summed E-state index contributed by atoms with van der Waals surface area (Å²) in [6.45, 7) is 4.42. The number of piperidine rings is 1. The zero-order valence-corrected chi connectivity index (χ0v) is 13.6. The zero-order chi connectivity index (χ0) is 15.4. The number of aromatic nitrogens is 2. The number of hydrogen-bond donors (Lipinski definition) is 2. The van der Waals surface area contributed by atoms with Crippen LogP contribution >= 0.6 is 0 Å². The van der Waals surface area contributed by atoms with Crippen LogP contribution in [0.15, 0.2) is 16.9 Å². The highest BCUT2D eigenvalue weighted by atomic mass is 16.1. The van der Waals surface area contributed by atoms with Crippen molar-refractivity contribution in [2.75, 3.05) is 18.0 Å². The lowest BCUT2D eigenvalue weighted by atomic mass is 9.87. The number of anilines is 1. The van der Waals surface area contributed by atoms with Gasteiger partial charge in [-0.2, -0.15) is 5.10 Å². The Labute approximate surface area is 132 Å². The molecule has 1 unspecified atom stereocenters. The van der Waals surface area contributed by atoms with E-state index in [1.54, 1.807) is 6.07 Å². The van der Waals surface area contributed by atoms with Crippen molar-refractivity contribution in [1.29, 1.82) is 0 Å². The van der Waals surface area contributed by atoms with Crippen LogP contribution < -0.4 is 15.8 Å². The Morgan fingerprint density at radius 3 is 2.77 bits per heavy atom. The van der Waals surface area contributed by atoms with E-state index in [4.69, 9.17) is 0 Å². The Morgan fingerprint density at radius 2 is 2.05 bits per heavy atom. The molecule has 0 spiro atoms. The molecule has 1 aromatic rings. The zero-order valence-electron chi connectivity index (χ0n) is 13.6. The molecule has 1 saturated heterocycles. The van der Waals surface area contributed by atoms with Crippen molar-refractivity contribution >= 4 is 5.82 Å². The number of rotatable bonds is 4. The van der Waals surface area contributed by atoms with E-state index in [-0.39, 0.29) is 5.56 Å². The first kappa shape index (κ1) is 15.5. The summed E-state index contributed by atoms with van der Waals surface area (Å²) in [5, 5.41) is 10.6. The first-order valence-electron chi connectivity index (χ1n) is 8.78. The van der Waals surface area contributed by atoms with Crippen LogP contribution in [0.25, 0.3) is 0 Å². The van der Waals surface area contributed by atoms with Gasteiger partial charge in [0, 0.05) is 31.2 Å². The highest BCUT2D eigenvalue weighted by Crippen LogP contribution is 2.25. The van der Waals surface area contributed by atoms with Crippen LogP contribution in [0.5, 0.6) is 0 Å². The summed E-state index contributed by atoms with van der Waals surface area (Å²) in [7, 11) is 0. The van der Waals surface area contributed by atoms with Crippen LogP contribution in [0, 0.1) is 5.92 Å². The minimum atomic E-state index is -0.133. The maximum atomic E-state index is 11.2. The van der Waals surface area contributed by atoms with Gasteiger partial charge in [0.15, 0.2) is 0 Å². The second-order valence-corrected chi connectivity index (χ2v) is 6.99. The van der Waals surface area contributed by atoms with Gasteiger partial charge in [0.2, 0.25) is 0 Å². The van der Waals surface area contributed by atoms with Gasteiger partial charge >= 0.3 is 0 Å². The molecular weight excluding hydrogens is 276 g/mol. The molecule has 1 atom stereocenters. The van der Waals surface area contributed by atoms with E-state index in [0.29, 0.717) is 12.1 Å². The van der Waals surface area contributed by atoms with E-state index >= 15 is 0 Å². The molecule has 0 aromatic carbocycles. The van der Waals surface area contributed by atoms with Crippen molar-refractivity contribution in [3.05, 3.63) is 22.5 Å². The summed E-state index contributed by atoms with van der Waals surface area (Å²) in [5.74, 6) is 1.80. The molecule has 1 saturated carbocycles. The van der Waals surface area contributed by atoms with Gasteiger partial charge in [0.1, 0.15) is 5.82 Å². The number of hydrogen-bond acceptors (Lipinski definition) is 4. The van der Waals surface area contributed by atoms with E-state index in [1.165, 1.54) is 44.9 Å². The molecule has 2 N–H and O–H groups in total. The third-order valence-corrected chi connectivity index (χ3v) is 5.24.